The highest BCUT2D eigenvalue weighted by Gasteiger charge is 2.41. The summed E-state index contributed by atoms with van der Waals surface area (Å²) in [5, 5.41) is 4.50. The smallest absolute Gasteiger partial charge is 0.246 e. The van der Waals surface area contributed by atoms with Gasteiger partial charge in [0.15, 0.2) is 0 Å². The van der Waals surface area contributed by atoms with Crippen molar-refractivity contribution in [3.63, 3.8) is 0 Å². The molecule has 2 fully saturated rings. The highest BCUT2D eigenvalue weighted by Crippen LogP contribution is 2.37. The number of carbonyl (C=O) groups is 2. The van der Waals surface area contributed by atoms with Gasteiger partial charge >= 0.3 is 0 Å². The number of aryl methyl sites for hydroxylation is 2. The van der Waals surface area contributed by atoms with E-state index in [1.807, 2.05) is 23.6 Å². The first-order valence-corrected chi connectivity index (χ1v) is 9.22. The van der Waals surface area contributed by atoms with Crippen LogP contribution in [0.5, 0.6) is 0 Å². The summed E-state index contributed by atoms with van der Waals surface area (Å²) in [6, 6.07) is -0.217. The quantitative estimate of drug-likeness (QED) is 0.823. The van der Waals surface area contributed by atoms with Crippen LogP contribution >= 0.6 is 11.8 Å². The molecule has 2 amide bonds. The largest absolute Gasteiger partial charge is 0.334 e. The molecule has 3 heterocycles. The summed E-state index contributed by atoms with van der Waals surface area (Å²) in [6.07, 6.45) is 1.98. The molecule has 23 heavy (non-hydrogen) atoms. The second-order valence-corrected chi connectivity index (χ2v) is 7.40. The monoisotopic (exact) mass is 336 g/mol. The Bertz CT molecular complexity index is 642. The topological polar surface area (TPSA) is 58.4 Å². The minimum Gasteiger partial charge on any atom is -0.334 e. The minimum absolute atomic E-state index is 0.0159. The van der Waals surface area contributed by atoms with E-state index in [1.165, 1.54) is 5.56 Å². The van der Waals surface area contributed by atoms with Crippen LogP contribution in [0.4, 0.5) is 0 Å². The van der Waals surface area contributed by atoms with Crippen LogP contribution in [0.3, 0.4) is 0 Å². The molecular formula is C16H24N4O2S. The molecule has 0 aromatic carbocycles. The third-order valence-corrected chi connectivity index (χ3v) is 6.02. The fourth-order valence-corrected chi connectivity index (χ4v) is 4.96. The zero-order valence-corrected chi connectivity index (χ0v) is 15.0. The standard InChI is InChI=1S/C16H24N4O2S/c1-10-15(11(2)18(4)17-10)13-6-5-7-19(13)16(22)14-8-23-9-20(14)12(3)21/h13-14H,5-9H2,1-4H3. The molecule has 2 unspecified atom stereocenters. The average Bonchev–Trinajstić information content (AvgIpc) is 3.19. The van der Waals surface area contributed by atoms with Crippen molar-refractivity contribution in [3.05, 3.63) is 17.0 Å². The van der Waals surface area contributed by atoms with Crippen molar-refractivity contribution in [1.29, 1.82) is 0 Å². The Morgan fingerprint density at radius 2 is 2.00 bits per heavy atom. The van der Waals surface area contributed by atoms with Gasteiger partial charge in [0.25, 0.3) is 0 Å². The number of nitrogens with zero attached hydrogens (tertiary/aromatic N) is 4. The first-order chi connectivity index (χ1) is 10.9. The number of hydrogen-bond donors (Lipinski definition) is 0. The molecule has 0 bridgehead atoms. The summed E-state index contributed by atoms with van der Waals surface area (Å²) in [5.74, 6) is 1.40. The second kappa shape index (κ2) is 6.19. The number of amides is 2. The molecule has 1 aromatic rings. The molecule has 0 saturated carbocycles. The SMILES string of the molecule is CC(=O)N1CSCC1C(=O)N1CCCC1c1c(C)nn(C)c1C. The Balaban J connectivity index is 1.87. The fourth-order valence-electron chi connectivity index (χ4n) is 3.75. The summed E-state index contributed by atoms with van der Waals surface area (Å²) in [7, 11) is 1.94. The van der Waals surface area contributed by atoms with E-state index in [-0.39, 0.29) is 23.9 Å². The maximum Gasteiger partial charge on any atom is 0.246 e. The Morgan fingerprint density at radius 1 is 1.26 bits per heavy atom. The number of aromatic nitrogens is 2. The predicted molar refractivity (Wildman–Crippen MR) is 90.0 cm³/mol. The zero-order chi connectivity index (χ0) is 16.7. The summed E-state index contributed by atoms with van der Waals surface area (Å²) in [5.41, 5.74) is 3.30. The average molecular weight is 336 g/mol. The highest BCUT2D eigenvalue weighted by molar-refractivity contribution is 7.99. The van der Waals surface area contributed by atoms with Crippen molar-refractivity contribution >= 4 is 23.6 Å². The lowest BCUT2D eigenvalue weighted by atomic mass is 10.0. The van der Waals surface area contributed by atoms with Gasteiger partial charge in [-0.15, -0.1) is 11.8 Å². The first-order valence-electron chi connectivity index (χ1n) is 8.07. The lowest BCUT2D eigenvalue weighted by Crippen LogP contribution is -2.48. The van der Waals surface area contributed by atoms with Gasteiger partial charge in [-0.1, -0.05) is 0 Å². The Hall–Kier alpha value is -1.50. The van der Waals surface area contributed by atoms with E-state index in [0.29, 0.717) is 11.6 Å². The maximum atomic E-state index is 13.1. The Kier molecular flexibility index (Phi) is 4.40. The summed E-state index contributed by atoms with van der Waals surface area (Å²) >= 11 is 1.65. The Morgan fingerprint density at radius 3 is 2.61 bits per heavy atom. The summed E-state index contributed by atoms with van der Waals surface area (Å²) in [6.45, 7) is 6.38. The predicted octanol–water partition coefficient (Wildman–Crippen LogP) is 1.62. The molecule has 2 aliphatic rings. The number of likely N-dealkylation sites (tertiary alicyclic amines) is 1. The van der Waals surface area contributed by atoms with Crippen LogP contribution in [-0.4, -0.2) is 55.6 Å². The van der Waals surface area contributed by atoms with Gasteiger partial charge in [-0.05, 0) is 26.7 Å². The second-order valence-electron chi connectivity index (χ2n) is 6.40. The molecular weight excluding hydrogens is 312 g/mol. The molecule has 2 saturated heterocycles. The van der Waals surface area contributed by atoms with Crippen molar-refractivity contribution in [2.24, 2.45) is 7.05 Å². The van der Waals surface area contributed by atoms with Crippen LogP contribution in [0.15, 0.2) is 0 Å². The van der Waals surface area contributed by atoms with Crippen LogP contribution in [0.2, 0.25) is 0 Å². The van der Waals surface area contributed by atoms with Crippen LogP contribution in [-0.2, 0) is 16.6 Å². The van der Waals surface area contributed by atoms with E-state index < -0.39 is 0 Å². The molecule has 7 heteroatoms. The van der Waals surface area contributed by atoms with Gasteiger partial charge in [-0.25, -0.2) is 0 Å². The van der Waals surface area contributed by atoms with Gasteiger partial charge in [0.2, 0.25) is 11.8 Å². The lowest BCUT2D eigenvalue weighted by Gasteiger charge is -2.31. The van der Waals surface area contributed by atoms with Gasteiger partial charge < -0.3 is 9.80 Å². The zero-order valence-electron chi connectivity index (χ0n) is 14.2. The fraction of sp³-hybridized carbons (Fsp3) is 0.688. The molecule has 126 valence electrons. The van der Waals surface area contributed by atoms with Crippen LogP contribution in [0.1, 0.15) is 42.8 Å². The lowest BCUT2D eigenvalue weighted by molar-refractivity contribution is -0.143. The molecule has 0 aliphatic carbocycles. The van der Waals surface area contributed by atoms with Gasteiger partial charge in [0.05, 0.1) is 17.6 Å². The number of thioether (sulfide) groups is 1. The number of carbonyl (C=O) groups excluding carboxylic acids is 2. The van der Waals surface area contributed by atoms with Crippen molar-refractivity contribution in [2.75, 3.05) is 18.2 Å². The molecule has 3 rings (SSSR count). The molecule has 0 N–H and O–H groups in total. The van der Waals surface area contributed by atoms with Crippen LogP contribution in [0, 0.1) is 13.8 Å². The van der Waals surface area contributed by atoms with E-state index in [4.69, 9.17) is 0 Å². The highest BCUT2D eigenvalue weighted by atomic mass is 32.2. The van der Waals surface area contributed by atoms with E-state index in [0.717, 1.165) is 30.8 Å². The number of rotatable bonds is 2. The van der Waals surface area contributed by atoms with Gasteiger partial charge in [-0.2, -0.15) is 5.10 Å². The molecule has 0 radical (unpaired) electrons. The summed E-state index contributed by atoms with van der Waals surface area (Å²) < 4.78 is 1.89. The van der Waals surface area contributed by atoms with Crippen molar-refractivity contribution in [1.82, 2.24) is 19.6 Å². The van der Waals surface area contributed by atoms with Crippen LogP contribution in [0.25, 0.3) is 0 Å². The van der Waals surface area contributed by atoms with Gasteiger partial charge in [-0.3, -0.25) is 14.3 Å². The van der Waals surface area contributed by atoms with Crippen molar-refractivity contribution < 1.29 is 9.59 Å². The van der Waals surface area contributed by atoms with E-state index in [9.17, 15) is 9.59 Å². The third-order valence-electron chi connectivity index (χ3n) is 5.01. The van der Waals surface area contributed by atoms with Crippen molar-refractivity contribution in [2.45, 2.75) is 45.7 Å². The van der Waals surface area contributed by atoms with Gasteiger partial charge in [0.1, 0.15) is 6.04 Å². The summed E-state index contributed by atoms with van der Waals surface area (Å²) in [4.78, 5) is 28.5. The molecule has 1 aromatic heterocycles. The molecule has 2 aliphatic heterocycles. The number of hydrogen-bond acceptors (Lipinski definition) is 4. The van der Waals surface area contributed by atoms with E-state index >= 15 is 0 Å². The third kappa shape index (κ3) is 2.75. The minimum atomic E-state index is -0.310. The first kappa shape index (κ1) is 16.4. The molecule has 0 spiro atoms. The molecule has 6 nitrogen and oxygen atoms in total. The van der Waals surface area contributed by atoms with Crippen molar-refractivity contribution in [3.8, 4) is 0 Å². The molecule has 2 atom stereocenters. The van der Waals surface area contributed by atoms with Gasteiger partial charge in [0, 0.05) is 37.5 Å². The normalized spacial score (nSPS) is 24.5. The Labute approximate surface area is 141 Å². The van der Waals surface area contributed by atoms with Crippen LogP contribution < -0.4 is 0 Å². The van der Waals surface area contributed by atoms with E-state index in [1.54, 1.807) is 23.6 Å². The van der Waals surface area contributed by atoms with E-state index in [2.05, 4.69) is 12.0 Å². The maximum absolute atomic E-state index is 13.1.